The smallest absolute Gasteiger partial charge is 0.355 e. The monoisotopic (exact) mass is 441 g/mol. The zero-order valence-electron chi connectivity index (χ0n) is 19.0. The zero-order chi connectivity index (χ0) is 23.6. The maximum Gasteiger partial charge on any atom is 0.355 e. The van der Waals surface area contributed by atoms with Crippen LogP contribution in [-0.4, -0.2) is 49.3 Å². The van der Waals surface area contributed by atoms with Gasteiger partial charge in [-0.05, 0) is 18.9 Å². The van der Waals surface area contributed by atoms with Crippen molar-refractivity contribution < 1.29 is 23.8 Å². The van der Waals surface area contributed by atoms with Crippen LogP contribution in [0.4, 0.5) is 0 Å². The summed E-state index contributed by atoms with van der Waals surface area (Å²) in [7, 11) is 1.31. The number of nitrogens with zero attached hydrogens (tertiary/aromatic N) is 3. The first kappa shape index (κ1) is 25.2. The molecule has 0 saturated heterocycles. The van der Waals surface area contributed by atoms with Gasteiger partial charge in [0.15, 0.2) is 5.41 Å². The van der Waals surface area contributed by atoms with Crippen LogP contribution in [0.5, 0.6) is 0 Å². The molecule has 0 amide bonds. The summed E-state index contributed by atoms with van der Waals surface area (Å²) in [6.45, 7) is 4.44. The van der Waals surface area contributed by atoms with Crippen LogP contribution in [0.2, 0.25) is 0 Å². The van der Waals surface area contributed by atoms with Gasteiger partial charge < -0.3 is 19.1 Å². The molecule has 0 aromatic rings. The standard InChI is InChI=1S/C24H31N3O5/c1-4-6-10-14-31-22(28)19-20(23(29)32-15-11-7-5-2)27-13-9-8-12-18(27)24(16-25,17-26)21(19)30-3/h8-9,12-13,18,21H,4-7,10-11,14-15H2,1-3H3/t18-,21+/m1/s1. The molecule has 0 saturated carbocycles. The van der Waals surface area contributed by atoms with Crippen molar-refractivity contribution in [3.05, 3.63) is 35.7 Å². The molecule has 0 radical (unpaired) electrons. The Hall–Kier alpha value is -3.10. The summed E-state index contributed by atoms with van der Waals surface area (Å²) in [6, 6.07) is 3.25. The normalized spacial score (nSPS) is 20.8. The van der Waals surface area contributed by atoms with Gasteiger partial charge in [-0.1, -0.05) is 51.7 Å². The van der Waals surface area contributed by atoms with Crippen molar-refractivity contribution >= 4 is 11.9 Å². The van der Waals surface area contributed by atoms with E-state index in [0.29, 0.717) is 12.8 Å². The SMILES string of the molecule is CCCCCOC(=O)C1=C(C(=O)OCCCCC)N2C=CC=C[C@@H]2C(C#N)(C#N)[C@H]1OC. The summed E-state index contributed by atoms with van der Waals surface area (Å²) >= 11 is 0. The lowest BCUT2D eigenvalue weighted by molar-refractivity contribution is -0.147. The van der Waals surface area contributed by atoms with Gasteiger partial charge in [-0.25, -0.2) is 9.59 Å². The molecule has 0 unspecified atom stereocenters. The van der Waals surface area contributed by atoms with Gasteiger partial charge in [-0.2, -0.15) is 10.5 Å². The summed E-state index contributed by atoms with van der Waals surface area (Å²) in [4.78, 5) is 27.8. The fraction of sp³-hybridized carbons (Fsp3) is 0.583. The molecule has 172 valence electrons. The van der Waals surface area contributed by atoms with E-state index < -0.39 is 29.5 Å². The van der Waals surface area contributed by atoms with Gasteiger partial charge in [0, 0.05) is 13.3 Å². The molecule has 0 aromatic heterocycles. The number of carbonyl (C=O) groups excluding carboxylic acids is 2. The van der Waals surface area contributed by atoms with Crippen LogP contribution in [-0.2, 0) is 23.8 Å². The van der Waals surface area contributed by atoms with Gasteiger partial charge in [-0.3, -0.25) is 0 Å². The van der Waals surface area contributed by atoms with Gasteiger partial charge in [0.25, 0.3) is 0 Å². The minimum Gasteiger partial charge on any atom is -0.462 e. The number of allylic oxidation sites excluding steroid dienone is 2. The maximum absolute atomic E-state index is 13.2. The first-order valence-corrected chi connectivity index (χ1v) is 11.1. The summed E-state index contributed by atoms with van der Waals surface area (Å²) in [5.74, 6) is -1.50. The Morgan fingerprint density at radius 3 is 2.12 bits per heavy atom. The molecule has 0 N–H and O–H groups in total. The molecule has 2 aliphatic rings. The highest BCUT2D eigenvalue weighted by Gasteiger charge is 2.58. The van der Waals surface area contributed by atoms with E-state index in [1.807, 2.05) is 26.0 Å². The minimum atomic E-state index is -1.76. The molecule has 8 heteroatoms. The molecule has 2 aliphatic heterocycles. The molecule has 0 spiro atoms. The van der Waals surface area contributed by atoms with Crippen LogP contribution in [0.3, 0.4) is 0 Å². The van der Waals surface area contributed by atoms with Gasteiger partial charge in [-0.15, -0.1) is 0 Å². The van der Waals surface area contributed by atoms with E-state index in [1.54, 1.807) is 24.4 Å². The number of unbranched alkanes of at least 4 members (excludes halogenated alkanes) is 4. The van der Waals surface area contributed by atoms with E-state index in [4.69, 9.17) is 14.2 Å². The molecule has 2 heterocycles. The lowest BCUT2D eigenvalue weighted by Gasteiger charge is -2.46. The molecule has 2 atom stereocenters. The molecular formula is C24H31N3O5. The molecule has 0 bridgehead atoms. The van der Waals surface area contributed by atoms with E-state index in [1.165, 1.54) is 12.0 Å². The Kier molecular flexibility index (Phi) is 9.49. The van der Waals surface area contributed by atoms with Crippen molar-refractivity contribution in [1.82, 2.24) is 4.90 Å². The molecule has 8 nitrogen and oxygen atoms in total. The van der Waals surface area contributed by atoms with Gasteiger partial charge in [0.05, 0.1) is 37.0 Å². The molecule has 0 fully saturated rings. The third kappa shape index (κ3) is 5.03. The largest absolute Gasteiger partial charge is 0.462 e. The van der Waals surface area contributed by atoms with E-state index in [9.17, 15) is 20.1 Å². The molecule has 0 aromatic carbocycles. The first-order chi connectivity index (χ1) is 15.5. The Labute approximate surface area is 189 Å². The first-order valence-electron chi connectivity index (χ1n) is 11.1. The van der Waals surface area contributed by atoms with Crippen LogP contribution in [0.25, 0.3) is 0 Å². The van der Waals surface area contributed by atoms with Gasteiger partial charge in [0.1, 0.15) is 11.8 Å². The third-order valence-electron chi connectivity index (χ3n) is 5.59. The second kappa shape index (κ2) is 12.1. The quantitative estimate of drug-likeness (QED) is 0.353. The Morgan fingerprint density at radius 1 is 1.00 bits per heavy atom. The van der Waals surface area contributed by atoms with Crippen molar-refractivity contribution in [1.29, 1.82) is 10.5 Å². The number of hydrogen-bond donors (Lipinski definition) is 0. The Bertz CT molecular complexity index is 848. The average molecular weight is 442 g/mol. The van der Waals surface area contributed by atoms with Crippen molar-refractivity contribution in [3.8, 4) is 12.1 Å². The third-order valence-corrected chi connectivity index (χ3v) is 5.59. The van der Waals surface area contributed by atoms with Crippen molar-refractivity contribution in [2.24, 2.45) is 5.41 Å². The second-order valence-electron chi connectivity index (χ2n) is 7.74. The van der Waals surface area contributed by atoms with Crippen molar-refractivity contribution in [2.45, 2.75) is 64.5 Å². The fourth-order valence-corrected chi connectivity index (χ4v) is 3.91. The summed E-state index contributed by atoms with van der Waals surface area (Å²) in [6.07, 6.45) is 10.3. The Balaban J connectivity index is 2.55. The number of carbonyl (C=O) groups is 2. The average Bonchev–Trinajstić information content (AvgIpc) is 2.82. The molecule has 2 rings (SSSR count). The highest BCUT2D eigenvalue weighted by molar-refractivity contribution is 6.02. The van der Waals surface area contributed by atoms with Crippen molar-refractivity contribution in [3.63, 3.8) is 0 Å². The number of rotatable bonds is 11. The lowest BCUT2D eigenvalue weighted by atomic mass is 9.70. The number of nitriles is 2. The van der Waals surface area contributed by atoms with E-state index in [-0.39, 0.29) is 24.5 Å². The molecule has 0 aliphatic carbocycles. The number of methoxy groups -OCH3 is 1. The summed E-state index contributed by atoms with van der Waals surface area (Å²) in [5, 5.41) is 20.0. The van der Waals surface area contributed by atoms with E-state index in [2.05, 4.69) is 0 Å². The van der Waals surface area contributed by atoms with Gasteiger partial charge >= 0.3 is 11.9 Å². The van der Waals surface area contributed by atoms with E-state index >= 15 is 0 Å². The number of fused-ring (bicyclic) bond motifs is 1. The number of esters is 2. The fourth-order valence-electron chi connectivity index (χ4n) is 3.91. The Morgan fingerprint density at radius 2 is 1.59 bits per heavy atom. The zero-order valence-corrected chi connectivity index (χ0v) is 19.0. The highest BCUT2D eigenvalue weighted by atomic mass is 16.5. The van der Waals surface area contributed by atoms with Crippen LogP contribution in [0, 0.1) is 28.1 Å². The lowest BCUT2D eigenvalue weighted by Crippen LogP contribution is -2.58. The number of ether oxygens (including phenoxy) is 3. The molecular weight excluding hydrogens is 410 g/mol. The predicted octanol–water partition coefficient (Wildman–Crippen LogP) is 3.52. The van der Waals surface area contributed by atoms with Gasteiger partial charge in [0.2, 0.25) is 0 Å². The maximum atomic E-state index is 13.2. The number of hydrogen-bond acceptors (Lipinski definition) is 8. The second-order valence-corrected chi connectivity index (χ2v) is 7.74. The van der Waals surface area contributed by atoms with Crippen LogP contribution in [0.15, 0.2) is 35.7 Å². The van der Waals surface area contributed by atoms with Crippen LogP contribution in [0.1, 0.15) is 52.4 Å². The predicted molar refractivity (Wildman–Crippen MR) is 116 cm³/mol. The van der Waals surface area contributed by atoms with Crippen LogP contribution < -0.4 is 0 Å². The van der Waals surface area contributed by atoms with Crippen LogP contribution >= 0.6 is 0 Å². The highest BCUT2D eigenvalue weighted by Crippen LogP contribution is 2.44. The minimum absolute atomic E-state index is 0.0550. The van der Waals surface area contributed by atoms with Crippen molar-refractivity contribution in [2.75, 3.05) is 20.3 Å². The molecule has 32 heavy (non-hydrogen) atoms. The summed E-state index contributed by atoms with van der Waals surface area (Å²) < 4.78 is 16.4. The summed E-state index contributed by atoms with van der Waals surface area (Å²) in [5.41, 5.74) is -1.98. The van der Waals surface area contributed by atoms with E-state index in [0.717, 1.165) is 25.7 Å². The topological polar surface area (TPSA) is 113 Å².